The van der Waals surface area contributed by atoms with Gasteiger partial charge in [0.25, 0.3) is 0 Å². The first kappa shape index (κ1) is 10.6. The highest BCUT2D eigenvalue weighted by molar-refractivity contribution is 6.32. The average Bonchev–Trinajstić information content (AvgIpc) is 2.17. The molecule has 0 saturated carbocycles. The number of aromatic nitrogens is 2. The van der Waals surface area contributed by atoms with Crippen LogP contribution >= 0.6 is 11.6 Å². The van der Waals surface area contributed by atoms with Crippen LogP contribution in [0.4, 0.5) is 10.2 Å². The van der Waals surface area contributed by atoms with Crippen molar-refractivity contribution in [2.75, 3.05) is 18.0 Å². The summed E-state index contributed by atoms with van der Waals surface area (Å²) >= 11 is 5.83. The van der Waals surface area contributed by atoms with Crippen LogP contribution in [0.2, 0.25) is 5.02 Å². The minimum Gasteiger partial charge on any atom is -0.386 e. The Labute approximate surface area is 91.7 Å². The Kier molecular flexibility index (Phi) is 2.52. The summed E-state index contributed by atoms with van der Waals surface area (Å²) < 4.78 is 12.8. The first-order chi connectivity index (χ1) is 7.04. The van der Waals surface area contributed by atoms with Gasteiger partial charge in [0.05, 0.1) is 24.9 Å². The number of β-amino-alcohol motifs (C(OH)–C–C–N with tert-alkyl or cyclic N) is 1. The van der Waals surface area contributed by atoms with E-state index in [0.29, 0.717) is 30.4 Å². The third kappa shape index (κ3) is 1.89. The van der Waals surface area contributed by atoms with E-state index in [1.54, 1.807) is 4.90 Å². The molecule has 1 fully saturated rings. The Morgan fingerprint density at radius 2 is 2.33 bits per heavy atom. The van der Waals surface area contributed by atoms with Crippen LogP contribution in [0.5, 0.6) is 0 Å². The van der Waals surface area contributed by atoms with Crippen molar-refractivity contribution in [1.82, 2.24) is 9.97 Å². The van der Waals surface area contributed by atoms with Crippen molar-refractivity contribution in [2.45, 2.75) is 18.9 Å². The van der Waals surface area contributed by atoms with Crippen LogP contribution < -0.4 is 4.90 Å². The highest BCUT2D eigenvalue weighted by Gasteiger charge is 2.41. The molecule has 1 N–H and O–H groups in total. The maximum absolute atomic E-state index is 12.8. The molecule has 0 unspecified atom stereocenters. The lowest BCUT2D eigenvalue weighted by Gasteiger charge is -2.46. The van der Waals surface area contributed by atoms with E-state index in [1.165, 1.54) is 6.20 Å². The third-order valence-electron chi connectivity index (χ3n) is 2.62. The van der Waals surface area contributed by atoms with Gasteiger partial charge in [-0.25, -0.2) is 4.98 Å². The Morgan fingerprint density at radius 1 is 1.67 bits per heavy atom. The van der Waals surface area contributed by atoms with Crippen LogP contribution in [-0.4, -0.2) is 33.8 Å². The topological polar surface area (TPSA) is 49.2 Å². The fourth-order valence-electron chi connectivity index (χ4n) is 1.60. The van der Waals surface area contributed by atoms with E-state index < -0.39 is 11.7 Å². The first-order valence-corrected chi connectivity index (χ1v) is 5.07. The molecule has 0 bridgehead atoms. The second kappa shape index (κ2) is 3.57. The number of rotatable bonds is 2. The standard InChI is InChI=1S/C9H11ClFN3O/c1-2-9(15)4-14(5-9)7-6(10)3-12-8(11)13-7/h3,15H,2,4-5H2,1H3. The SMILES string of the molecule is CCC1(O)CN(c2nc(F)ncc2Cl)C1. The summed E-state index contributed by atoms with van der Waals surface area (Å²) in [6.07, 6.45) is 1.08. The second-order valence-electron chi connectivity index (χ2n) is 3.74. The van der Waals surface area contributed by atoms with Gasteiger partial charge < -0.3 is 10.0 Å². The van der Waals surface area contributed by atoms with Crippen LogP contribution in [0.1, 0.15) is 13.3 Å². The van der Waals surface area contributed by atoms with Crippen molar-refractivity contribution < 1.29 is 9.50 Å². The van der Waals surface area contributed by atoms with Gasteiger partial charge in [-0.2, -0.15) is 9.37 Å². The van der Waals surface area contributed by atoms with Crippen molar-refractivity contribution in [1.29, 1.82) is 0 Å². The minimum absolute atomic E-state index is 0.301. The van der Waals surface area contributed by atoms with E-state index in [2.05, 4.69) is 9.97 Å². The van der Waals surface area contributed by atoms with Crippen molar-refractivity contribution >= 4 is 17.4 Å². The fourth-order valence-corrected chi connectivity index (χ4v) is 1.81. The lowest BCUT2D eigenvalue weighted by Crippen LogP contribution is -2.62. The average molecular weight is 232 g/mol. The Bertz CT molecular complexity index is 382. The van der Waals surface area contributed by atoms with Gasteiger partial charge in [0, 0.05) is 0 Å². The van der Waals surface area contributed by atoms with Gasteiger partial charge in [-0.3, -0.25) is 0 Å². The van der Waals surface area contributed by atoms with Crippen LogP contribution in [0.25, 0.3) is 0 Å². The molecule has 82 valence electrons. The normalized spacial score (nSPS) is 18.8. The molecule has 0 radical (unpaired) electrons. The van der Waals surface area contributed by atoms with Gasteiger partial charge in [-0.15, -0.1) is 0 Å². The van der Waals surface area contributed by atoms with Gasteiger partial charge in [0.1, 0.15) is 5.02 Å². The fraction of sp³-hybridized carbons (Fsp3) is 0.556. The Morgan fingerprint density at radius 3 is 2.93 bits per heavy atom. The molecule has 2 rings (SSSR count). The lowest BCUT2D eigenvalue weighted by molar-refractivity contribution is 0.00796. The van der Waals surface area contributed by atoms with Crippen LogP contribution in [0.3, 0.4) is 0 Å². The molecule has 1 aromatic heterocycles. The lowest BCUT2D eigenvalue weighted by atomic mass is 9.91. The number of nitrogens with zero attached hydrogens (tertiary/aromatic N) is 3. The van der Waals surface area contributed by atoms with E-state index in [4.69, 9.17) is 11.6 Å². The smallest absolute Gasteiger partial charge is 0.310 e. The molecule has 0 aliphatic carbocycles. The Hall–Kier alpha value is -0.940. The number of hydrogen-bond donors (Lipinski definition) is 1. The molecular weight excluding hydrogens is 221 g/mol. The van der Waals surface area contributed by atoms with Crippen molar-refractivity contribution in [3.8, 4) is 0 Å². The molecule has 0 aromatic carbocycles. The van der Waals surface area contributed by atoms with E-state index in [0.717, 1.165) is 0 Å². The number of anilines is 1. The summed E-state index contributed by atoms with van der Waals surface area (Å²) in [5.41, 5.74) is -0.690. The molecule has 0 spiro atoms. The zero-order chi connectivity index (χ0) is 11.1. The van der Waals surface area contributed by atoms with Crippen LogP contribution in [0.15, 0.2) is 6.20 Å². The van der Waals surface area contributed by atoms with Crippen LogP contribution in [-0.2, 0) is 0 Å². The molecule has 2 heterocycles. The van der Waals surface area contributed by atoms with Crippen LogP contribution in [0, 0.1) is 6.08 Å². The van der Waals surface area contributed by atoms with Gasteiger partial charge in [0.15, 0.2) is 5.82 Å². The van der Waals surface area contributed by atoms with Gasteiger partial charge in [-0.1, -0.05) is 18.5 Å². The number of halogens is 2. The zero-order valence-corrected chi connectivity index (χ0v) is 9.00. The molecule has 0 amide bonds. The summed E-state index contributed by atoms with van der Waals surface area (Å²) in [6, 6.07) is 0. The summed E-state index contributed by atoms with van der Waals surface area (Å²) in [4.78, 5) is 8.67. The molecule has 1 aromatic rings. The highest BCUT2D eigenvalue weighted by Crippen LogP contribution is 2.32. The van der Waals surface area contributed by atoms with Gasteiger partial charge in [-0.05, 0) is 6.42 Å². The first-order valence-electron chi connectivity index (χ1n) is 4.69. The zero-order valence-electron chi connectivity index (χ0n) is 8.24. The van der Waals surface area contributed by atoms with Crippen molar-refractivity contribution in [2.24, 2.45) is 0 Å². The van der Waals surface area contributed by atoms with Crippen molar-refractivity contribution in [3.63, 3.8) is 0 Å². The molecule has 1 aliphatic rings. The third-order valence-corrected chi connectivity index (χ3v) is 2.89. The van der Waals surface area contributed by atoms with E-state index in [9.17, 15) is 9.50 Å². The molecule has 15 heavy (non-hydrogen) atoms. The highest BCUT2D eigenvalue weighted by atomic mass is 35.5. The number of hydrogen-bond acceptors (Lipinski definition) is 4. The van der Waals surface area contributed by atoms with E-state index in [1.807, 2.05) is 6.92 Å². The van der Waals surface area contributed by atoms with Gasteiger partial charge >= 0.3 is 6.08 Å². The second-order valence-corrected chi connectivity index (χ2v) is 4.15. The molecule has 6 heteroatoms. The number of aliphatic hydroxyl groups is 1. The van der Waals surface area contributed by atoms with E-state index in [-0.39, 0.29) is 0 Å². The Balaban J connectivity index is 2.16. The molecule has 1 saturated heterocycles. The van der Waals surface area contributed by atoms with Crippen molar-refractivity contribution in [3.05, 3.63) is 17.3 Å². The quantitative estimate of drug-likeness (QED) is 0.778. The predicted molar refractivity (Wildman–Crippen MR) is 54.5 cm³/mol. The molecule has 0 atom stereocenters. The maximum atomic E-state index is 12.8. The largest absolute Gasteiger partial charge is 0.386 e. The summed E-state index contributed by atoms with van der Waals surface area (Å²) in [5, 5.41) is 10.1. The predicted octanol–water partition coefficient (Wildman–Crippen LogP) is 1.23. The van der Waals surface area contributed by atoms with Gasteiger partial charge in [0.2, 0.25) is 0 Å². The maximum Gasteiger partial charge on any atom is 0.310 e. The monoisotopic (exact) mass is 231 g/mol. The summed E-state index contributed by atoms with van der Waals surface area (Å²) in [6.45, 7) is 2.76. The molecular formula is C9H11ClFN3O. The summed E-state index contributed by atoms with van der Waals surface area (Å²) in [5.74, 6) is 0.349. The molecule has 4 nitrogen and oxygen atoms in total. The minimum atomic E-state index is -0.804. The molecule has 1 aliphatic heterocycles. The summed E-state index contributed by atoms with van der Waals surface area (Å²) in [7, 11) is 0. The van der Waals surface area contributed by atoms with E-state index >= 15 is 0 Å².